The first-order valence-electron chi connectivity index (χ1n) is 12.7. The van der Waals surface area contributed by atoms with Crippen molar-refractivity contribution in [3.05, 3.63) is 112 Å². The lowest BCUT2D eigenvalue weighted by atomic mass is 10.0. The van der Waals surface area contributed by atoms with Gasteiger partial charge in [-0.15, -0.1) is 11.8 Å². The van der Waals surface area contributed by atoms with Crippen LogP contribution in [0.2, 0.25) is 0 Å². The number of halogens is 1. The maximum atomic E-state index is 13.3. The molecule has 218 valence electrons. The molecule has 4 aromatic rings. The van der Waals surface area contributed by atoms with Crippen molar-refractivity contribution < 1.29 is 27.6 Å². The van der Waals surface area contributed by atoms with Crippen molar-refractivity contribution in [2.45, 2.75) is 9.79 Å². The van der Waals surface area contributed by atoms with E-state index in [9.17, 15) is 32.8 Å². The fourth-order valence-electron chi connectivity index (χ4n) is 4.02. The predicted octanol–water partition coefficient (Wildman–Crippen LogP) is 5.69. The predicted molar refractivity (Wildman–Crippen MR) is 161 cm³/mol. The van der Waals surface area contributed by atoms with Gasteiger partial charge in [0.05, 0.1) is 15.4 Å². The number of hydrogen-bond acceptors (Lipinski definition) is 8. The number of anilines is 2. The first-order valence-corrected chi connectivity index (χ1v) is 15.2. The Morgan fingerprint density at radius 3 is 2.24 bits per heavy atom. The SMILES string of the molecule is O=C(O)c1ccc(-c2ccc(F)cc2)cc1NCCNS(=O)(=O)c1ccc(NCCSc2ccccc2)c([N+](=O)[O-])c1. The van der Waals surface area contributed by atoms with Crippen LogP contribution in [0.1, 0.15) is 10.4 Å². The number of thioether (sulfide) groups is 1. The van der Waals surface area contributed by atoms with Gasteiger partial charge in [0.15, 0.2) is 0 Å². The Kier molecular flexibility index (Phi) is 10.1. The molecule has 4 N–H and O–H groups in total. The molecule has 0 fully saturated rings. The summed E-state index contributed by atoms with van der Waals surface area (Å²) in [4.78, 5) is 23.5. The normalized spacial score (nSPS) is 11.2. The lowest BCUT2D eigenvalue weighted by Crippen LogP contribution is -2.29. The van der Waals surface area contributed by atoms with Gasteiger partial charge in [0.1, 0.15) is 11.5 Å². The first-order chi connectivity index (χ1) is 20.1. The molecule has 0 heterocycles. The molecule has 42 heavy (non-hydrogen) atoms. The van der Waals surface area contributed by atoms with Crippen molar-refractivity contribution in [1.29, 1.82) is 0 Å². The molecule has 0 saturated carbocycles. The van der Waals surface area contributed by atoms with Gasteiger partial charge in [0.25, 0.3) is 5.69 Å². The number of hydrogen-bond donors (Lipinski definition) is 4. The van der Waals surface area contributed by atoms with Gasteiger partial charge in [-0.1, -0.05) is 36.4 Å². The molecule has 4 aromatic carbocycles. The summed E-state index contributed by atoms with van der Waals surface area (Å²) in [5.41, 5.74) is 1.37. The summed E-state index contributed by atoms with van der Waals surface area (Å²) in [6.07, 6.45) is 0. The summed E-state index contributed by atoms with van der Waals surface area (Å²) < 4.78 is 41.4. The monoisotopic (exact) mass is 610 g/mol. The average Bonchev–Trinajstić information content (AvgIpc) is 2.98. The minimum atomic E-state index is -4.11. The third-order valence-corrected chi connectivity index (χ3v) is 8.54. The largest absolute Gasteiger partial charge is 0.478 e. The highest BCUT2D eigenvalue weighted by atomic mass is 32.2. The van der Waals surface area contributed by atoms with Gasteiger partial charge in [-0.25, -0.2) is 22.3 Å². The zero-order valence-electron chi connectivity index (χ0n) is 22.1. The smallest absolute Gasteiger partial charge is 0.337 e. The second-order valence-electron chi connectivity index (χ2n) is 8.92. The second-order valence-corrected chi connectivity index (χ2v) is 11.9. The summed E-state index contributed by atoms with van der Waals surface area (Å²) in [7, 11) is -4.11. The van der Waals surface area contributed by atoms with Crippen molar-refractivity contribution in [2.75, 3.05) is 36.0 Å². The molecule has 0 spiro atoms. The Morgan fingerprint density at radius 1 is 0.857 bits per heavy atom. The molecule has 0 aromatic heterocycles. The van der Waals surface area contributed by atoms with Gasteiger partial charge in [-0.2, -0.15) is 0 Å². The maximum absolute atomic E-state index is 13.3. The van der Waals surface area contributed by atoms with Gasteiger partial charge < -0.3 is 15.7 Å². The number of carboxylic acids is 1. The number of nitro groups is 1. The van der Waals surface area contributed by atoms with E-state index in [1.54, 1.807) is 36.0 Å². The fourth-order valence-corrected chi connectivity index (χ4v) is 5.86. The van der Waals surface area contributed by atoms with Crippen molar-refractivity contribution in [2.24, 2.45) is 0 Å². The quantitative estimate of drug-likeness (QED) is 0.0611. The van der Waals surface area contributed by atoms with Crippen molar-refractivity contribution >= 4 is 44.8 Å². The third-order valence-electron chi connectivity index (χ3n) is 6.07. The molecule has 0 saturated heterocycles. The topological polar surface area (TPSA) is 151 Å². The maximum Gasteiger partial charge on any atom is 0.337 e. The van der Waals surface area contributed by atoms with Gasteiger partial charge in [0.2, 0.25) is 10.0 Å². The van der Waals surface area contributed by atoms with Gasteiger partial charge in [-0.3, -0.25) is 10.1 Å². The minimum absolute atomic E-state index is 0.0210. The number of nitro benzene ring substituents is 1. The molecule has 4 rings (SSSR count). The zero-order chi connectivity index (χ0) is 30.1. The van der Waals surface area contributed by atoms with Crippen molar-refractivity contribution in [3.8, 4) is 11.1 Å². The molecule has 0 aliphatic heterocycles. The van der Waals surface area contributed by atoms with E-state index < -0.39 is 26.7 Å². The number of nitrogens with zero attached hydrogens (tertiary/aromatic N) is 1. The molecule has 0 radical (unpaired) electrons. The van der Waals surface area contributed by atoms with Crippen LogP contribution in [0.25, 0.3) is 11.1 Å². The Balaban J connectivity index is 1.37. The molecule has 10 nitrogen and oxygen atoms in total. The molecule has 0 bridgehead atoms. The average molecular weight is 611 g/mol. The van der Waals surface area contributed by atoms with Crippen LogP contribution in [-0.2, 0) is 10.0 Å². The standard InChI is InChI=1S/C29H27FN4O6S2/c30-22-9-6-20(7-10-22)21-8-12-25(29(35)36)27(18-21)31-14-15-33-42(39,40)24-11-13-26(28(19-24)34(37)38)32-16-17-41-23-4-2-1-3-5-23/h1-13,18-19,31-33H,14-17H2,(H,35,36). The van der Waals surface area contributed by atoms with E-state index in [-0.39, 0.29) is 40.6 Å². The molecule has 0 aliphatic rings. The van der Waals surface area contributed by atoms with Crippen LogP contribution in [0.3, 0.4) is 0 Å². The summed E-state index contributed by atoms with van der Waals surface area (Å²) in [5.74, 6) is -0.935. The summed E-state index contributed by atoms with van der Waals surface area (Å²) in [6, 6.07) is 23.6. The number of nitrogens with one attached hydrogen (secondary N) is 3. The van der Waals surface area contributed by atoms with Crippen LogP contribution in [0.5, 0.6) is 0 Å². The Bertz CT molecular complexity index is 1670. The second kappa shape index (κ2) is 13.9. The molecular formula is C29H27FN4O6S2. The van der Waals surface area contributed by atoms with E-state index in [1.165, 1.54) is 30.3 Å². The number of rotatable bonds is 14. The van der Waals surface area contributed by atoms with E-state index in [0.29, 0.717) is 23.4 Å². The number of benzene rings is 4. The highest BCUT2D eigenvalue weighted by molar-refractivity contribution is 7.99. The molecular weight excluding hydrogens is 583 g/mol. The molecule has 0 unspecified atom stereocenters. The highest BCUT2D eigenvalue weighted by Crippen LogP contribution is 2.29. The lowest BCUT2D eigenvalue weighted by molar-refractivity contribution is -0.384. The van der Waals surface area contributed by atoms with Gasteiger partial charge in [-0.05, 0) is 59.7 Å². The fraction of sp³-hybridized carbons (Fsp3) is 0.138. The van der Waals surface area contributed by atoms with E-state index in [4.69, 9.17) is 0 Å². The molecule has 13 heteroatoms. The van der Waals surface area contributed by atoms with E-state index in [1.807, 2.05) is 30.3 Å². The summed E-state index contributed by atoms with van der Waals surface area (Å²) in [6.45, 7) is 0.316. The molecule has 0 aliphatic carbocycles. The van der Waals surface area contributed by atoms with Crippen LogP contribution in [-0.4, -0.2) is 49.8 Å². The zero-order valence-corrected chi connectivity index (χ0v) is 23.8. The number of carboxylic acid groups (broad SMARTS) is 1. The Hall–Kier alpha value is -4.46. The van der Waals surface area contributed by atoms with E-state index in [0.717, 1.165) is 11.0 Å². The van der Waals surface area contributed by atoms with Gasteiger partial charge in [0, 0.05) is 42.0 Å². The molecule has 0 atom stereocenters. The molecule has 0 amide bonds. The van der Waals surface area contributed by atoms with Gasteiger partial charge >= 0.3 is 5.97 Å². The van der Waals surface area contributed by atoms with Crippen LogP contribution in [0, 0.1) is 15.9 Å². The summed E-state index contributed by atoms with van der Waals surface area (Å²) in [5, 5.41) is 27.1. The number of carbonyl (C=O) groups is 1. The van der Waals surface area contributed by atoms with Crippen LogP contribution < -0.4 is 15.4 Å². The van der Waals surface area contributed by atoms with E-state index >= 15 is 0 Å². The van der Waals surface area contributed by atoms with Crippen LogP contribution >= 0.6 is 11.8 Å². The van der Waals surface area contributed by atoms with Crippen molar-refractivity contribution in [1.82, 2.24) is 4.72 Å². The lowest BCUT2D eigenvalue weighted by Gasteiger charge is -2.13. The first kappa shape index (κ1) is 30.5. The van der Waals surface area contributed by atoms with Crippen LogP contribution in [0.4, 0.5) is 21.5 Å². The minimum Gasteiger partial charge on any atom is -0.478 e. The van der Waals surface area contributed by atoms with E-state index in [2.05, 4.69) is 15.4 Å². The Labute approximate surface area is 246 Å². The Morgan fingerprint density at radius 2 is 1.55 bits per heavy atom. The number of aromatic carboxylic acids is 1. The number of sulfonamides is 1. The van der Waals surface area contributed by atoms with Crippen molar-refractivity contribution in [3.63, 3.8) is 0 Å². The highest BCUT2D eigenvalue weighted by Gasteiger charge is 2.21. The summed E-state index contributed by atoms with van der Waals surface area (Å²) >= 11 is 1.58. The third kappa shape index (κ3) is 8.06. The van der Waals surface area contributed by atoms with Crippen LogP contribution in [0.15, 0.2) is 101 Å².